The SMILES string of the molecule is N#Cc1cccc(-c2nnc(-c3ccccc3)o2)c1. The second-order valence-electron chi connectivity index (χ2n) is 3.97. The molecule has 0 unspecified atom stereocenters. The summed E-state index contributed by atoms with van der Waals surface area (Å²) in [6.07, 6.45) is 0. The summed E-state index contributed by atoms with van der Waals surface area (Å²) in [6, 6.07) is 18.7. The summed E-state index contributed by atoms with van der Waals surface area (Å²) in [5.74, 6) is 0.883. The largest absolute Gasteiger partial charge is 0.416 e. The van der Waals surface area contributed by atoms with Crippen LogP contribution in [0, 0.1) is 11.3 Å². The predicted octanol–water partition coefficient (Wildman–Crippen LogP) is 3.28. The van der Waals surface area contributed by atoms with Gasteiger partial charge in [0.1, 0.15) is 0 Å². The summed E-state index contributed by atoms with van der Waals surface area (Å²) in [4.78, 5) is 0. The van der Waals surface area contributed by atoms with Gasteiger partial charge in [-0.15, -0.1) is 10.2 Å². The fourth-order valence-electron chi connectivity index (χ4n) is 1.76. The van der Waals surface area contributed by atoms with Crippen molar-refractivity contribution in [3.63, 3.8) is 0 Å². The Bertz CT molecular complexity index is 741. The molecule has 4 heteroatoms. The van der Waals surface area contributed by atoms with Gasteiger partial charge < -0.3 is 4.42 Å². The zero-order valence-electron chi connectivity index (χ0n) is 9.95. The third kappa shape index (κ3) is 2.22. The van der Waals surface area contributed by atoms with Gasteiger partial charge in [-0.2, -0.15) is 5.26 Å². The molecule has 1 heterocycles. The van der Waals surface area contributed by atoms with E-state index in [9.17, 15) is 0 Å². The Balaban J connectivity index is 2.00. The summed E-state index contributed by atoms with van der Waals surface area (Å²) < 4.78 is 5.62. The highest BCUT2D eigenvalue weighted by atomic mass is 16.4. The van der Waals surface area contributed by atoms with Gasteiger partial charge in [0.25, 0.3) is 0 Å². The zero-order valence-corrected chi connectivity index (χ0v) is 9.95. The second kappa shape index (κ2) is 4.75. The molecule has 0 aliphatic carbocycles. The quantitative estimate of drug-likeness (QED) is 0.697. The average Bonchev–Trinajstić information content (AvgIpc) is 2.98. The Hall–Kier alpha value is -2.93. The number of nitrogens with zero attached hydrogens (tertiary/aromatic N) is 3. The van der Waals surface area contributed by atoms with Crippen molar-refractivity contribution >= 4 is 0 Å². The summed E-state index contributed by atoms with van der Waals surface area (Å²) in [6.45, 7) is 0. The summed E-state index contributed by atoms with van der Waals surface area (Å²) >= 11 is 0. The lowest BCUT2D eigenvalue weighted by molar-refractivity contribution is 0.584. The standard InChI is InChI=1S/C15H9N3O/c16-10-11-5-4-8-13(9-11)15-18-17-14(19-15)12-6-2-1-3-7-12/h1-9H. The van der Waals surface area contributed by atoms with Crippen LogP contribution in [0.1, 0.15) is 5.56 Å². The molecule has 2 aromatic carbocycles. The van der Waals surface area contributed by atoms with Crippen molar-refractivity contribution in [2.75, 3.05) is 0 Å². The molecule has 0 bridgehead atoms. The van der Waals surface area contributed by atoms with Crippen LogP contribution < -0.4 is 0 Å². The van der Waals surface area contributed by atoms with Crippen LogP contribution in [0.4, 0.5) is 0 Å². The molecule has 90 valence electrons. The van der Waals surface area contributed by atoms with Gasteiger partial charge in [0.05, 0.1) is 11.6 Å². The van der Waals surface area contributed by atoms with E-state index in [-0.39, 0.29) is 0 Å². The zero-order chi connectivity index (χ0) is 13.1. The number of hydrogen-bond acceptors (Lipinski definition) is 4. The van der Waals surface area contributed by atoms with Gasteiger partial charge in [0, 0.05) is 11.1 Å². The Morgan fingerprint density at radius 3 is 2.26 bits per heavy atom. The van der Waals surface area contributed by atoms with Crippen molar-refractivity contribution in [2.24, 2.45) is 0 Å². The number of rotatable bonds is 2. The lowest BCUT2D eigenvalue weighted by Crippen LogP contribution is -1.79. The fraction of sp³-hybridized carbons (Fsp3) is 0. The maximum Gasteiger partial charge on any atom is 0.248 e. The maximum absolute atomic E-state index is 8.88. The van der Waals surface area contributed by atoms with Crippen LogP contribution in [0.25, 0.3) is 22.9 Å². The minimum atomic E-state index is 0.413. The first kappa shape index (κ1) is 11.2. The highest BCUT2D eigenvalue weighted by Crippen LogP contribution is 2.23. The van der Waals surface area contributed by atoms with E-state index in [1.165, 1.54) is 0 Å². The summed E-state index contributed by atoms with van der Waals surface area (Å²) in [5.41, 5.74) is 2.18. The minimum absolute atomic E-state index is 0.413. The molecular formula is C15H9N3O. The van der Waals surface area contributed by atoms with E-state index in [0.29, 0.717) is 17.3 Å². The molecule has 3 aromatic rings. The van der Waals surface area contributed by atoms with Crippen molar-refractivity contribution in [3.8, 4) is 29.0 Å². The van der Waals surface area contributed by atoms with Crippen molar-refractivity contribution in [1.29, 1.82) is 5.26 Å². The average molecular weight is 247 g/mol. The van der Waals surface area contributed by atoms with E-state index in [0.717, 1.165) is 11.1 Å². The van der Waals surface area contributed by atoms with Crippen LogP contribution in [0.5, 0.6) is 0 Å². The molecular weight excluding hydrogens is 238 g/mol. The summed E-state index contributed by atoms with van der Waals surface area (Å²) in [5, 5.41) is 16.9. The summed E-state index contributed by atoms with van der Waals surface area (Å²) in [7, 11) is 0. The first-order valence-electron chi connectivity index (χ1n) is 5.76. The second-order valence-corrected chi connectivity index (χ2v) is 3.97. The molecule has 0 fully saturated rings. The lowest BCUT2D eigenvalue weighted by atomic mass is 10.1. The van der Waals surface area contributed by atoms with Crippen LogP contribution >= 0.6 is 0 Å². The van der Waals surface area contributed by atoms with E-state index >= 15 is 0 Å². The molecule has 1 aromatic heterocycles. The van der Waals surface area contributed by atoms with Crippen molar-refractivity contribution in [2.45, 2.75) is 0 Å². The minimum Gasteiger partial charge on any atom is -0.416 e. The lowest BCUT2D eigenvalue weighted by Gasteiger charge is -1.95. The van der Waals surface area contributed by atoms with Crippen molar-refractivity contribution in [3.05, 3.63) is 60.2 Å². The van der Waals surface area contributed by atoms with Crippen LogP contribution in [0.15, 0.2) is 59.0 Å². The van der Waals surface area contributed by atoms with Crippen molar-refractivity contribution < 1.29 is 4.42 Å². The molecule has 0 amide bonds. The van der Waals surface area contributed by atoms with Gasteiger partial charge in [-0.1, -0.05) is 24.3 Å². The van der Waals surface area contributed by atoms with E-state index in [1.807, 2.05) is 36.4 Å². The Labute approximate surface area is 110 Å². The highest BCUT2D eigenvalue weighted by molar-refractivity contribution is 5.59. The fourth-order valence-corrected chi connectivity index (χ4v) is 1.76. The molecule has 0 saturated heterocycles. The number of aromatic nitrogens is 2. The van der Waals surface area contributed by atoms with E-state index in [2.05, 4.69) is 16.3 Å². The van der Waals surface area contributed by atoms with Crippen LogP contribution in [-0.2, 0) is 0 Å². The smallest absolute Gasteiger partial charge is 0.248 e. The Morgan fingerprint density at radius 1 is 0.842 bits per heavy atom. The first-order valence-corrected chi connectivity index (χ1v) is 5.76. The number of hydrogen-bond donors (Lipinski definition) is 0. The van der Waals surface area contributed by atoms with Crippen molar-refractivity contribution in [1.82, 2.24) is 10.2 Å². The van der Waals surface area contributed by atoms with Crippen LogP contribution in [-0.4, -0.2) is 10.2 Å². The van der Waals surface area contributed by atoms with Gasteiger partial charge >= 0.3 is 0 Å². The molecule has 0 spiro atoms. The first-order chi connectivity index (χ1) is 9.36. The molecule has 0 radical (unpaired) electrons. The molecule has 0 aliphatic heterocycles. The van der Waals surface area contributed by atoms with Crippen LogP contribution in [0.2, 0.25) is 0 Å². The molecule has 19 heavy (non-hydrogen) atoms. The van der Waals surface area contributed by atoms with Gasteiger partial charge in [-0.05, 0) is 30.3 Å². The van der Waals surface area contributed by atoms with Gasteiger partial charge in [0.15, 0.2) is 0 Å². The van der Waals surface area contributed by atoms with E-state index < -0.39 is 0 Å². The van der Waals surface area contributed by atoms with Crippen LogP contribution in [0.3, 0.4) is 0 Å². The molecule has 0 aliphatic rings. The van der Waals surface area contributed by atoms with Gasteiger partial charge in [-0.3, -0.25) is 0 Å². The molecule has 0 saturated carbocycles. The topological polar surface area (TPSA) is 62.7 Å². The Kier molecular flexibility index (Phi) is 2.79. The van der Waals surface area contributed by atoms with Gasteiger partial charge in [0.2, 0.25) is 11.8 Å². The third-order valence-electron chi connectivity index (χ3n) is 2.68. The van der Waals surface area contributed by atoms with E-state index in [4.69, 9.17) is 9.68 Å². The monoisotopic (exact) mass is 247 g/mol. The number of benzene rings is 2. The predicted molar refractivity (Wildman–Crippen MR) is 69.9 cm³/mol. The molecule has 0 atom stereocenters. The number of nitriles is 1. The highest BCUT2D eigenvalue weighted by Gasteiger charge is 2.10. The van der Waals surface area contributed by atoms with Gasteiger partial charge in [-0.25, -0.2) is 0 Å². The third-order valence-corrected chi connectivity index (χ3v) is 2.68. The Morgan fingerprint density at radius 2 is 1.53 bits per heavy atom. The molecule has 0 N–H and O–H groups in total. The molecule has 3 rings (SSSR count). The van der Waals surface area contributed by atoms with E-state index in [1.54, 1.807) is 18.2 Å². The normalized spacial score (nSPS) is 10.1. The maximum atomic E-state index is 8.88. The molecule has 4 nitrogen and oxygen atoms in total.